The van der Waals surface area contributed by atoms with Gasteiger partial charge in [0.1, 0.15) is 0 Å². The standard InChI is InChI=1S/C14H21N3O4/c1-5-14(4,12(19)20)7-15-11(18)6-10-8(2)16-13(21)17-9(10)3/h5-7H2,1-4H3,(H,15,18)(H,19,20)(H,16,17,21). The number of nitrogens with one attached hydrogen (secondary N) is 2. The number of aryl methyl sites for hydroxylation is 2. The van der Waals surface area contributed by atoms with Gasteiger partial charge in [-0.05, 0) is 27.2 Å². The summed E-state index contributed by atoms with van der Waals surface area (Å²) in [5.41, 5.74) is 0.324. The molecule has 1 rings (SSSR count). The third kappa shape index (κ3) is 4.14. The van der Waals surface area contributed by atoms with Crippen LogP contribution >= 0.6 is 0 Å². The molecule has 7 nitrogen and oxygen atoms in total. The molecule has 0 saturated heterocycles. The minimum Gasteiger partial charge on any atom is -0.481 e. The van der Waals surface area contributed by atoms with Crippen molar-refractivity contribution in [3.05, 3.63) is 27.4 Å². The number of rotatable bonds is 6. The first-order valence-corrected chi connectivity index (χ1v) is 6.76. The number of amides is 1. The van der Waals surface area contributed by atoms with E-state index < -0.39 is 17.1 Å². The van der Waals surface area contributed by atoms with Crippen LogP contribution in [0.25, 0.3) is 0 Å². The number of hydrogen-bond acceptors (Lipinski definition) is 4. The summed E-state index contributed by atoms with van der Waals surface area (Å²) in [6, 6.07) is 0. The van der Waals surface area contributed by atoms with Gasteiger partial charge in [-0.1, -0.05) is 6.92 Å². The Morgan fingerprint density at radius 1 is 1.38 bits per heavy atom. The van der Waals surface area contributed by atoms with Gasteiger partial charge in [0.2, 0.25) is 5.91 Å². The lowest BCUT2D eigenvalue weighted by molar-refractivity contribution is -0.148. The molecule has 1 aromatic heterocycles. The van der Waals surface area contributed by atoms with E-state index in [0.29, 0.717) is 23.4 Å². The SMILES string of the molecule is CCC(C)(CNC(=O)Cc1c(C)nc(=O)[nH]c1C)C(=O)O. The normalized spacial score (nSPS) is 13.5. The van der Waals surface area contributed by atoms with Crippen molar-refractivity contribution in [2.45, 2.75) is 40.5 Å². The largest absolute Gasteiger partial charge is 0.481 e. The molecule has 0 aliphatic heterocycles. The van der Waals surface area contributed by atoms with Crippen LogP contribution in [-0.2, 0) is 16.0 Å². The second kappa shape index (κ2) is 6.51. The highest BCUT2D eigenvalue weighted by Gasteiger charge is 2.31. The van der Waals surface area contributed by atoms with E-state index in [4.69, 9.17) is 5.11 Å². The lowest BCUT2D eigenvalue weighted by Crippen LogP contribution is -2.41. The Labute approximate surface area is 122 Å². The molecule has 1 amide bonds. The lowest BCUT2D eigenvalue weighted by atomic mass is 9.87. The molecule has 0 radical (unpaired) electrons. The Kier molecular flexibility index (Phi) is 5.23. The fourth-order valence-electron chi connectivity index (χ4n) is 1.88. The Hall–Kier alpha value is -2.18. The Balaban J connectivity index is 2.76. The molecule has 0 fully saturated rings. The smallest absolute Gasteiger partial charge is 0.345 e. The number of carboxylic acids is 1. The van der Waals surface area contributed by atoms with E-state index in [-0.39, 0.29) is 18.9 Å². The zero-order chi connectivity index (χ0) is 16.2. The summed E-state index contributed by atoms with van der Waals surface area (Å²) < 4.78 is 0. The minimum absolute atomic E-state index is 0.0564. The number of carbonyl (C=O) groups is 2. The van der Waals surface area contributed by atoms with Gasteiger partial charge in [-0.25, -0.2) is 4.79 Å². The predicted octanol–water partition coefficient (Wildman–Crippen LogP) is 0.546. The maximum atomic E-state index is 12.0. The number of aliphatic carboxylic acids is 1. The number of carbonyl (C=O) groups excluding carboxylic acids is 1. The zero-order valence-electron chi connectivity index (χ0n) is 12.7. The molecule has 0 aliphatic carbocycles. The molecule has 1 atom stereocenters. The number of aromatic nitrogens is 2. The van der Waals surface area contributed by atoms with Crippen molar-refractivity contribution in [2.24, 2.45) is 5.41 Å². The third-order valence-electron chi connectivity index (χ3n) is 3.76. The van der Waals surface area contributed by atoms with Gasteiger partial charge in [-0.15, -0.1) is 0 Å². The highest BCUT2D eigenvalue weighted by molar-refractivity contribution is 5.80. The van der Waals surface area contributed by atoms with E-state index in [0.717, 1.165) is 0 Å². The third-order valence-corrected chi connectivity index (χ3v) is 3.76. The minimum atomic E-state index is -0.983. The second-order valence-corrected chi connectivity index (χ2v) is 5.40. The monoisotopic (exact) mass is 295 g/mol. The molecular formula is C14H21N3O4. The summed E-state index contributed by atoms with van der Waals surface area (Å²) in [4.78, 5) is 40.6. The summed E-state index contributed by atoms with van der Waals surface area (Å²) >= 11 is 0. The molecule has 1 heterocycles. The van der Waals surface area contributed by atoms with E-state index in [2.05, 4.69) is 15.3 Å². The predicted molar refractivity (Wildman–Crippen MR) is 77.1 cm³/mol. The van der Waals surface area contributed by atoms with Gasteiger partial charge >= 0.3 is 11.7 Å². The van der Waals surface area contributed by atoms with Crippen molar-refractivity contribution < 1.29 is 14.7 Å². The first kappa shape index (κ1) is 16.9. The molecule has 21 heavy (non-hydrogen) atoms. The van der Waals surface area contributed by atoms with Gasteiger partial charge in [-0.2, -0.15) is 4.98 Å². The van der Waals surface area contributed by atoms with Gasteiger partial charge in [0.05, 0.1) is 11.8 Å². The first-order valence-electron chi connectivity index (χ1n) is 6.76. The van der Waals surface area contributed by atoms with E-state index in [9.17, 15) is 14.4 Å². The maximum absolute atomic E-state index is 12.0. The van der Waals surface area contributed by atoms with Crippen molar-refractivity contribution in [3.8, 4) is 0 Å². The fourth-order valence-corrected chi connectivity index (χ4v) is 1.88. The van der Waals surface area contributed by atoms with Crippen LogP contribution < -0.4 is 11.0 Å². The van der Waals surface area contributed by atoms with E-state index in [1.807, 2.05) is 0 Å². The summed E-state index contributed by atoms with van der Waals surface area (Å²) in [6.45, 7) is 6.78. The maximum Gasteiger partial charge on any atom is 0.345 e. The number of nitrogens with zero attached hydrogens (tertiary/aromatic N) is 1. The average Bonchev–Trinajstić information content (AvgIpc) is 2.39. The molecule has 3 N–H and O–H groups in total. The molecular weight excluding hydrogens is 274 g/mol. The van der Waals surface area contributed by atoms with Gasteiger partial charge in [0.15, 0.2) is 0 Å². The van der Waals surface area contributed by atoms with Crippen LogP contribution in [0.2, 0.25) is 0 Å². The summed E-state index contributed by atoms with van der Waals surface area (Å²) in [7, 11) is 0. The molecule has 1 aromatic rings. The Morgan fingerprint density at radius 2 is 2.00 bits per heavy atom. The van der Waals surface area contributed by atoms with Crippen LogP contribution in [0.3, 0.4) is 0 Å². The summed E-state index contributed by atoms with van der Waals surface area (Å²) in [5, 5.41) is 11.8. The number of H-pyrrole nitrogens is 1. The molecule has 7 heteroatoms. The van der Waals surface area contributed by atoms with Crippen molar-refractivity contribution in [2.75, 3.05) is 6.54 Å². The van der Waals surface area contributed by atoms with Crippen molar-refractivity contribution in [3.63, 3.8) is 0 Å². The number of hydrogen-bond donors (Lipinski definition) is 3. The molecule has 116 valence electrons. The summed E-state index contributed by atoms with van der Waals surface area (Å²) in [6.07, 6.45) is 0.474. The molecule has 0 bridgehead atoms. The highest BCUT2D eigenvalue weighted by atomic mass is 16.4. The zero-order valence-corrected chi connectivity index (χ0v) is 12.7. The van der Waals surface area contributed by atoms with Gasteiger partial charge in [-0.3, -0.25) is 9.59 Å². The van der Waals surface area contributed by atoms with E-state index in [1.165, 1.54) is 0 Å². The van der Waals surface area contributed by atoms with Crippen LogP contribution in [0, 0.1) is 19.3 Å². The van der Waals surface area contributed by atoms with Crippen molar-refractivity contribution in [1.29, 1.82) is 0 Å². The number of aromatic amines is 1. The van der Waals surface area contributed by atoms with Gasteiger partial charge < -0.3 is 15.4 Å². The van der Waals surface area contributed by atoms with E-state index >= 15 is 0 Å². The van der Waals surface area contributed by atoms with E-state index in [1.54, 1.807) is 27.7 Å². The van der Waals surface area contributed by atoms with Gasteiger partial charge in [0, 0.05) is 23.5 Å². The lowest BCUT2D eigenvalue weighted by Gasteiger charge is -2.23. The second-order valence-electron chi connectivity index (χ2n) is 5.40. The van der Waals surface area contributed by atoms with Crippen LogP contribution in [0.1, 0.15) is 37.2 Å². The van der Waals surface area contributed by atoms with Crippen LogP contribution in [0.4, 0.5) is 0 Å². The molecule has 0 spiro atoms. The average molecular weight is 295 g/mol. The summed E-state index contributed by atoms with van der Waals surface area (Å²) in [5.74, 6) is -1.24. The highest BCUT2D eigenvalue weighted by Crippen LogP contribution is 2.20. The van der Waals surface area contributed by atoms with Crippen LogP contribution in [0.15, 0.2) is 4.79 Å². The molecule has 0 saturated carbocycles. The molecule has 0 aromatic carbocycles. The van der Waals surface area contributed by atoms with Crippen molar-refractivity contribution in [1.82, 2.24) is 15.3 Å². The van der Waals surface area contributed by atoms with Gasteiger partial charge in [0.25, 0.3) is 0 Å². The van der Waals surface area contributed by atoms with Crippen LogP contribution in [0.5, 0.6) is 0 Å². The first-order chi connectivity index (χ1) is 9.69. The topological polar surface area (TPSA) is 112 Å². The fraction of sp³-hybridized carbons (Fsp3) is 0.571. The molecule has 0 aliphatic rings. The Morgan fingerprint density at radius 3 is 2.48 bits per heavy atom. The quantitative estimate of drug-likeness (QED) is 0.709. The Bertz CT molecular complexity index is 582. The number of carboxylic acid groups (broad SMARTS) is 1. The van der Waals surface area contributed by atoms with Crippen molar-refractivity contribution >= 4 is 11.9 Å². The molecule has 1 unspecified atom stereocenters. The van der Waals surface area contributed by atoms with Crippen LogP contribution in [-0.4, -0.2) is 33.5 Å².